The summed E-state index contributed by atoms with van der Waals surface area (Å²) < 4.78 is 17.1. The quantitative estimate of drug-likeness (QED) is 0.473. The van der Waals surface area contributed by atoms with Crippen molar-refractivity contribution in [1.82, 2.24) is 0 Å². The average molecular weight is 461 g/mol. The number of benzene rings is 3. The molecule has 1 heterocycles. The molecule has 0 fully saturated rings. The number of ether oxygens (including phenoxy) is 3. The van der Waals surface area contributed by atoms with Crippen LogP contribution in [0.2, 0.25) is 0 Å². The molecule has 176 valence electrons. The molecule has 0 bridgehead atoms. The molecule has 0 spiro atoms. The number of nitrogens with zero attached hydrogens (tertiary/aromatic N) is 1. The van der Waals surface area contributed by atoms with E-state index in [1.165, 1.54) is 0 Å². The van der Waals surface area contributed by atoms with Crippen molar-refractivity contribution in [3.8, 4) is 17.2 Å². The van der Waals surface area contributed by atoms with Gasteiger partial charge in [0.2, 0.25) is 0 Å². The smallest absolute Gasteiger partial charge is 0.267 e. The second-order valence-corrected chi connectivity index (χ2v) is 8.10. The SMILES string of the molecule is Cc1ccc(OCC(=O)Nc2ccc3c(c2)N(CCCOc2ccccc2)C(=O)C(C)O3)cc1. The predicted molar refractivity (Wildman–Crippen MR) is 131 cm³/mol. The third kappa shape index (κ3) is 5.86. The van der Waals surface area contributed by atoms with Crippen LogP contribution in [-0.4, -0.2) is 37.7 Å². The number of anilines is 2. The Hall–Kier alpha value is -4.00. The second kappa shape index (κ2) is 10.7. The molecule has 3 aromatic rings. The van der Waals surface area contributed by atoms with Gasteiger partial charge in [-0.15, -0.1) is 0 Å². The summed E-state index contributed by atoms with van der Waals surface area (Å²) in [6, 6.07) is 22.3. The van der Waals surface area contributed by atoms with E-state index < -0.39 is 6.10 Å². The molecule has 1 atom stereocenters. The highest BCUT2D eigenvalue weighted by Crippen LogP contribution is 2.36. The van der Waals surface area contributed by atoms with E-state index in [9.17, 15) is 9.59 Å². The van der Waals surface area contributed by atoms with Gasteiger partial charge in [-0.25, -0.2) is 0 Å². The van der Waals surface area contributed by atoms with Gasteiger partial charge in [0.05, 0.1) is 12.3 Å². The van der Waals surface area contributed by atoms with Gasteiger partial charge in [0.1, 0.15) is 17.2 Å². The summed E-state index contributed by atoms with van der Waals surface area (Å²) in [5, 5.41) is 2.83. The van der Waals surface area contributed by atoms with Crippen LogP contribution in [0.4, 0.5) is 11.4 Å². The standard InChI is InChI=1S/C27H28N2O5/c1-19-9-12-23(13-10-19)33-18-26(30)28-21-11-14-25-24(17-21)29(27(31)20(2)34-25)15-6-16-32-22-7-4-3-5-8-22/h3-5,7-14,17,20H,6,15-16,18H2,1-2H3,(H,28,30). The summed E-state index contributed by atoms with van der Waals surface area (Å²) in [5.41, 5.74) is 2.31. The second-order valence-electron chi connectivity index (χ2n) is 8.10. The topological polar surface area (TPSA) is 77.1 Å². The molecule has 0 saturated carbocycles. The molecule has 0 saturated heterocycles. The van der Waals surface area contributed by atoms with Crippen LogP contribution < -0.4 is 24.4 Å². The van der Waals surface area contributed by atoms with E-state index >= 15 is 0 Å². The molecule has 1 unspecified atom stereocenters. The fraction of sp³-hybridized carbons (Fsp3) is 0.259. The number of rotatable bonds is 9. The zero-order chi connectivity index (χ0) is 23.9. The lowest BCUT2D eigenvalue weighted by atomic mass is 10.1. The first-order valence-electron chi connectivity index (χ1n) is 11.3. The summed E-state index contributed by atoms with van der Waals surface area (Å²) in [4.78, 5) is 26.9. The third-order valence-corrected chi connectivity index (χ3v) is 5.38. The minimum Gasteiger partial charge on any atom is -0.494 e. The number of hydrogen-bond donors (Lipinski definition) is 1. The number of hydrogen-bond acceptors (Lipinski definition) is 5. The Morgan fingerprint density at radius 1 is 1.00 bits per heavy atom. The Morgan fingerprint density at radius 2 is 1.74 bits per heavy atom. The van der Waals surface area contributed by atoms with Crippen LogP contribution in [0.25, 0.3) is 0 Å². The Kier molecular flexibility index (Phi) is 7.32. The molecular formula is C27H28N2O5. The van der Waals surface area contributed by atoms with Crippen LogP contribution in [0.15, 0.2) is 72.8 Å². The minimum atomic E-state index is -0.578. The zero-order valence-electron chi connectivity index (χ0n) is 19.3. The van der Waals surface area contributed by atoms with Gasteiger partial charge in [0.15, 0.2) is 12.7 Å². The summed E-state index contributed by atoms with van der Waals surface area (Å²) in [6.45, 7) is 4.55. The van der Waals surface area contributed by atoms with Crippen LogP contribution >= 0.6 is 0 Å². The molecule has 4 rings (SSSR count). The largest absolute Gasteiger partial charge is 0.494 e. The molecule has 7 nitrogen and oxygen atoms in total. The Labute approximate surface area is 199 Å². The highest BCUT2D eigenvalue weighted by Gasteiger charge is 2.31. The fourth-order valence-corrected chi connectivity index (χ4v) is 3.63. The van der Waals surface area contributed by atoms with Gasteiger partial charge in [0.25, 0.3) is 11.8 Å². The number of fused-ring (bicyclic) bond motifs is 1. The third-order valence-electron chi connectivity index (χ3n) is 5.38. The van der Waals surface area contributed by atoms with Gasteiger partial charge in [-0.2, -0.15) is 0 Å². The molecule has 7 heteroatoms. The maximum atomic E-state index is 12.8. The van der Waals surface area contributed by atoms with Gasteiger partial charge in [-0.3, -0.25) is 9.59 Å². The fourth-order valence-electron chi connectivity index (χ4n) is 3.63. The van der Waals surface area contributed by atoms with Gasteiger partial charge in [-0.1, -0.05) is 35.9 Å². The van der Waals surface area contributed by atoms with E-state index in [1.807, 2.05) is 61.5 Å². The van der Waals surface area contributed by atoms with E-state index in [0.29, 0.717) is 42.4 Å². The van der Waals surface area contributed by atoms with Crippen LogP contribution in [0.3, 0.4) is 0 Å². The number of carbonyl (C=O) groups is 2. The highest BCUT2D eigenvalue weighted by atomic mass is 16.5. The summed E-state index contributed by atoms with van der Waals surface area (Å²) in [7, 11) is 0. The van der Waals surface area contributed by atoms with E-state index in [1.54, 1.807) is 30.0 Å². The lowest BCUT2D eigenvalue weighted by Crippen LogP contribution is -2.45. The number of para-hydroxylation sites is 1. The van der Waals surface area contributed by atoms with Crippen molar-refractivity contribution in [2.75, 3.05) is 30.0 Å². The molecule has 1 aliphatic heterocycles. The lowest BCUT2D eigenvalue weighted by molar-refractivity contribution is -0.125. The Bertz CT molecular complexity index is 1130. The number of carbonyl (C=O) groups excluding carboxylic acids is 2. The summed E-state index contributed by atoms with van der Waals surface area (Å²) in [6.07, 6.45) is 0.0687. The molecule has 0 aromatic heterocycles. The van der Waals surface area contributed by atoms with Gasteiger partial charge >= 0.3 is 0 Å². The summed E-state index contributed by atoms with van der Waals surface area (Å²) >= 11 is 0. The molecule has 0 radical (unpaired) electrons. The van der Waals surface area contributed by atoms with Crippen LogP contribution in [-0.2, 0) is 9.59 Å². The molecule has 2 amide bonds. The van der Waals surface area contributed by atoms with Crippen molar-refractivity contribution in [2.24, 2.45) is 0 Å². The van der Waals surface area contributed by atoms with Gasteiger partial charge in [0, 0.05) is 12.2 Å². The molecule has 1 N–H and O–H groups in total. The number of nitrogens with one attached hydrogen (secondary N) is 1. The molecule has 1 aliphatic rings. The highest BCUT2D eigenvalue weighted by molar-refractivity contribution is 6.01. The lowest BCUT2D eigenvalue weighted by Gasteiger charge is -2.33. The van der Waals surface area contributed by atoms with E-state index in [2.05, 4.69) is 5.32 Å². The number of amides is 2. The predicted octanol–water partition coefficient (Wildman–Crippen LogP) is 4.60. The van der Waals surface area contributed by atoms with Gasteiger partial charge in [-0.05, 0) is 62.7 Å². The van der Waals surface area contributed by atoms with Crippen LogP contribution in [0.5, 0.6) is 17.2 Å². The maximum absolute atomic E-state index is 12.8. The van der Waals surface area contributed by atoms with E-state index in [4.69, 9.17) is 14.2 Å². The van der Waals surface area contributed by atoms with Crippen molar-refractivity contribution in [2.45, 2.75) is 26.4 Å². The van der Waals surface area contributed by atoms with E-state index in [-0.39, 0.29) is 18.4 Å². The first-order chi connectivity index (χ1) is 16.5. The molecule has 3 aromatic carbocycles. The van der Waals surface area contributed by atoms with Crippen molar-refractivity contribution in [3.05, 3.63) is 78.4 Å². The van der Waals surface area contributed by atoms with Crippen molar-refractivity contribution in [1.29, 1.82) is 0 Å². The molecule has 0 aliphatic carbocycles. The normalized spacial score (nSPS) is 14.7. The monoisotopic (exact) mass is 460 g/mol. The Morgan fingerprint density at radius 3 is 2.50 bits per heavy atom. The number of aryl methyl sites for hydroxylation is 1. The van der Waals surface area contributed by atoms with Crippen molar-refractivity contribution >= 4 is 23.2 Å². The van der Waals surface area contributed by atoms with Crippen molar-refractivity contribution < 1.29 is 23.8 Å². The maximum Gasteiger partial charge on any atom is 0.267 e. The first kappa shape index (κ1) is 23.2. The first-order valence-corrected chi connectivity index (χ1v) is 11.3. The minimum absolute atomic E-state index is 0.118. The Balaban J connectivity index is 1.37. The molecular weight excluding hydrogens is 432 g/mol. The van der Waals surface area contributed by atoms with Crippen LogP contribution in [0, 0.1) is 6.92 Å². The molecule has 34 heavy (non-hydrogen) atoms. The van der Waals surface area contributed by atoms with E-state index in [0.717, 1.165) is 11.3 Å². The van der Waals surface area contributed by atoms with Crippen LogP contribution in [0.1, 0.15) is 18.9 Å². The zero-order valence-corrected chi connectivity index (χ0v) is 19.3. The average Bonchev–Trinajstić information content (AvgIpc) is 2.84. The van der Waals surface area contributed by atoms with Crippen molar-refractivity contribution in [3.63, 3.8) is 0 Å². The van der Waals surface area contributed by atoms with Gasteiger partial charge < -0.3 is 24.4 Å². The summed E-state index contributed by atoms with van der Waals surface area (Å²) in [5.74, 6) is 1.61.